The summed E-state index contributed by atoms with van der Waals surface area (Å²) in [7, 11) is 0. The van der Waals surface area contributed by atoms with E-state index in [1.165, 1.54) is 0 Å². The number of nitriles is 1. The maximum atomic E-state index is 13.5. The van der Waals surface area contributed by atoms with E-state index < -0.39 is 0 Å². The van der Waals surface area contributed by atoms with Crippen molar-refractivity contribution in [1.29, 1.82) is 5.26 Å². The third-order valence-electron chi connectivity index (χ3n) is 2.11. The van der Waals surface area contributed by atoms with E-state index >= 15 is 0 Å². The molecule has 0 heterocycles. The first-order valence-electron chi connectivity index (χ1n) is 4.44. The van der Waals surface area contributed by atoms with Crippen LogP contribution in [-0.2, 0) is 12.8 Å². The molecule has 0 saturated heterocycles. The summed E-state index contributed by atoms with van der Waals surface area (Å²) in [6.45, 7) is 3.78. The van der Waals surface area contributed by atoms with Crippen LogP contribution < -0.4 is 0 Å². The summed E-state index contributed by atoms with van der Waals surface area (Å²) in [5, 5.41) is 8.70. The highest BCUT2D eigenvalue weighted by Crippen LogP contribution is 2.16. The number of halogens is 1. The van der Waals surface area contributed by atoms with Gasteiger partial charge in [-0.25, -0.2) is 4.39 Å². The number of benzene rings is 1. The minimum atomic E-state index is -0.149. The second-order valence-electron chi connectivity index (χ2n) is 2.93. The van der Waals surface area contributed by atoms with Crippen LogP contribution in [-0.4, -0.2) is 0 Å². The molecule has 0 unspecified atom stereocenters. The maximum Gasteiger partial charge on any atom is 0.129 e. The first-order chi connectivity index (χ1) is 6.22. The molecule has 0 N–H and O–H groups in total. The summed E-state index contributed by atoms with van der Waals surface area (Å²) in [6.07, 6.45) is 1.27. The number of nitrogens with zero attached hydrogens (tertiary/aromatic N) is 1. The highest BCUT2D eigenvalue weighted by Gasteiger charge is 2.07. The SMILES string of the molecule is CCc1cc(C#N)cc(CC)c1F. The van der Waals surface area contributed by atoms with Crippen LogP contribution in [0.5, 0.6) is 0 Å². The minimum Gasteiger partial charge on any atom is -0.206 e. The van der Waals surface area contributed by atoms with E-state index in [1.807, 2.05) is 19.9 Å². The van der Waals surface area contributed by atoms with Crippen molar-refractivity contribution in [3.8, 4) is 6.07 Å². The van der Waals surface area contributed by atoms with Gasteiger partial charge >= 0.3 is 0 Å². The van der Waals surface area contributed by atoms with Gasteiger partial charge in [0.25, 0.3) is 0 Å². The lowest BCUT2D eigenvalue weighted by atomic mass is 10.0. The van der Waals surface area contributed by atoms with Crippen molar-refractivity contribution < 1.29 is 4.39 Å². The van der Waals surface area contributed by atoms with Crippen molar-refractivity contribution >= 4 is 0 Å². The van der Waals surface area contributed by atoms with Gasteiger partial charge in [0, 0.05) is 0 Å². The molecule has 0 bridgehead atoms. The molecular weight excluding hydrogens is 165 g/mol. The molecule has 0 aromatic heterocycles. The Kier molecular flexibility index (Phi) is 3.02. The first kappa shape index (κ1) is 9.73. The summed E-state index contributed by atoms with van der Waals surface area (Å²) >= 11 is 0. The largest absolute Gasteiger partial charge is 0.206 e. The van der Waals surface area contributed by atoms with Gasteiger partial charge in [0.05, 0.1) is 11.6 Å². The molecule has 1 rings (SSSR count). The molecule has 13 heavy (non-hydrogen) atoms. The van der Waals surface area contributed by atoms with Crippen LogP contribution >= 0.6 is 0 Å². The molecule has 1 aromatic rings. The monoisotopic (exact) mass is 177 g/mol. The molecule has 0 atom stereocenters. The zero-order valence-corrected chi connectivity index (χ0v) is 7.89. The Bertz CT molecular complexity index is 325. The molecule has 68 valence electrons. The fraction of sp³-hybridized carbons (Fsp3) is 0.364. The number of rotatable bonds is 2. The molecule has 0 fully saturated rings. The highest BCUT2D eigenvalue weighted by atomic mass is 19.1. The summed E-state index contributed by atoms with van der Waals surface area (Å²) in [5.74, 6) is -0.149. The lowest BCUT2D eigenvalue weighted by Gasteiger charge is -2.05. The van der Waals surface area contributed by atoms with Gasteiger partial charge in [0.1, 0.15) is 5.82 Å². The highest BCUT2D eigenvalue weighted by molar-refractivity contribution is 5.38. The molecule has 0 saturated carbocycles. The van der Waals surface area contributed by atoms with Crippen molar-refractivity contribution in [2.45, 2.75) is 26.7 Å². The summed E-state index contributed by atoms with van der Waals surface area (Å²) in [4.78, 5) is 0. The van der Waals surface area contributed by atoms with E-state index in [0.29, 0.717) is 29.5 Å². The van der Waals surface area contributed by atoms with Crippen LogP contribution in [0.2, 0.25) is 0 Å². The minimum absolute atomic E-state index is 0.149. The van der Waals surface area contributed by atoms with Crippen molar-refractivity contribution in [2.75, 3.05) is 0 Å². The third-order valence-corrected chi connectivity index (χ3v) is 2.11. The van der Waals surface area contributed by atoms with Gasteiger partial charge in [-0.3, -0.25) is 0 Å². The summed E-state index contributed by atoms with van der Waals surface area (Å²) < 4.78 is 13.5. The lowest BCUT2D eigenvalue weighted by molar-refractivity contribution is 0.597. The molecule has 1 aromatic carbocycles. The Morgan fingerprint density at radius 1 is 1.23 bits per heavy atom. The fourth-order valence-corrected chi connectivity index (χ4v) is 1.33. The van der Waals surface area contributed by atoms with E-state index in [4.69, 9.17) is 5.26 Å². The smallest absolute Gasteiger partial charge is 0.129 e. The Hall–Kier alpha value is -1.36. The van der Waals surface area contributed by atoms with Crippen molar-refractivity contribution in [2.24, 2.45) is 0 Å². The normalized spacial score (nSPS) is 9.69. The quantitative estimate of drug-likeness (QED) is 0.681. The predicted molar refractivity (Wildman–Crippen MR) is 49.9 cm³/mol. The molecule has 0 amide bonds. The number of hydrogen-bond acceptors (Lipinski definition) is 1. The Morgan fingerprint density at radius 3 is 2.00 bits per heavy atom. The van der Waals surface area contributed by atoms with E-state index in [2.05, 4.69) is 0 Å². The van der Waals surface area contributed by atoms with Crippen molar-refractivity contribution in [1.82, 2.24) is 0 Å². The molecule has 0 radical (unpaired) electrons. The molecule has 0 aliphatic heterocycles. The zero-order chi connectivity index (χ0) is 9.84. The second kappa shape index (κ2) is 4.04. The van der Waals surface area contributed by atoms with E-state index in [-0.39, 0.29) is 5.82 Å². The number of hydrogen-bond donors (Lipinski definition) is 0. The van der Waals surface area contributed by atoms with Gasteiger partial charge in [-0.15, -0.1) is 0 Å². The van der Waals surface area contributed by atoms with Crippen LogP contribution in [0.25, 0.3) is 0 Å². The lowest BCUT2D eigenvalue weighted by Crippen LogP contribution is -1.96. The standard InChI is InChI=1S/C11H12FN/c1-3-9-5-8(7-13)6-10(4-2)11(9)12/h5-6H,3-4H2,1-2H3. The van der Waals surface area contributed by atoms with Gasteiger partial charge < -0.3 is 0 Å². The Morgan fingerprint density at radius 2 is 1.69 bits per heavy atom. The van der Waals surface area contributed by atoms with Crippen molar-refractivity contribution in [3.63, 3.8) is 0 Å². The van der Waals surface area contributed by atoms with Gasteiger partial charge in [-0.2, -0.15) is 5.26 Å². The molecule has 1 nitrogen and oxygen atoms in total. The molecule has 0 spiro atoms. The third kappa shape index (κ3) is 1.86. The van der Waals surface area contributed by atoms with Crippen LogP contribution in [0.3, 0.4) is 0 Å². The van der Waals surface area contributed by atoms with Crippen LogP contribution in [0.4, 0.5) is 4.39 Å². The van der Waals surface area contributed by atoms with Gasteiger partial charge in [0.15, 0.2) is 0 Å². The molecular formula is C11H12FN. The van der Waals surface area contributed by atoms with Gasteiger partial charge in [0.2, 0.25) is 0 Å². The molecule has 2 heteroatoms. The van der Waals surface area contributed by atoms with E-state index in [0.717, 1.165) is 0 Å². The van der Waals surface area contributed by atoms with E-state index in [9.17, 15) is 4.39 Å². The maximum absolute atomic E-state index is 13.5. The predicted octanol–water partition coefficient (Wildman–Crippen LogP) is 2.82. The number of aryl methyl sites for hydroxylation is 2. The fourth-order valence-electron chi connectivity index (χ4n) is 1.33. The van der Waals surface area contributed by atoms with Crippen LogP contribution in [0.15, 0.2) is 12.1 Å². The topological polar surface area (TPSA) is 23.8 Å². The average Bonchev–Trinajstić information content (AvgIpc) is 2.18. The molecule has 0 aliphatic carbocycles. The summed E-state index contributed by atoms with van der Waals surface area (Å²) in [6, 6.07) is 5.28. The second-order valence-corrected chi connectivity index (χ2v) is 2.93. The van der Waals surface area contributed by atoms with Gasteiger partial charge in [-0.1, -0.05) is 13.8 Å². The van der Waals surface area contributed by atoms with E-state index in [1.54, 1.807) is 12.1 Å². The Labute approximate surface area is 77.8 Å². The first-order valence-corrected chi connectivity index (χ1v) is 4.44. The Balaban J connectivity index is 3.30. The average molecular weight is 177 g/mol. The van der Waals surface area contributed by atoms with Crippen LogP contribution in [0, 0.1) is 17.1 Å². The molecule has 0 aliphatic rings. The van der Waals surface area contributed by atoms with Crippen LogP contribution in [0.1, 0.15) is 30.5 Å². The van der Waals surface area contributed by atoms with Gasteiger partial charge in [-0.05, 0) is 36.1 Å². The van der Waals surface area contributed by atoms with Crippen molar-refractivity contribution in [3.05, 3.63) is 34.6 Å². The summed E-state index contributed by atoms with van der Waals surface area (Å²) in [5.41, 5.74) is 1.82. The zero-order valence-electron chi connectivity index (χ0n) is 7.89.